The topological polar surface area (TPSA) is 55.8 Å². The molecule has 0 aromatic heterocycles. The van der Waals surface area contributed by atoms with Gasteiger partial charge in [0.05, 0.1) is 17.7 Å². The molecule has 1 heterocycles. The Morgan fingerprint density at radius 1 is 0.968 bits per heavy atom. The van der Waals surface area contributed by atoms with Crippen LogP contribution in [0.1, 0.15) is 11.1 Å². The summed E-state index contributed by atoms with van der Waals surface area (Å²) >= 11 is 0.854. The Balaban J connectivity index is 1.59. The molecule has 1 aliphatic rings. The predicted molar refractivity (Wildman–Crippen MR) is 119 cm³/mol. The molecule has 0 saturated carbocycles. The molecule has 156 valence electrons. The van der Waals surface area contributed by atoms with Gasteiger partial charge in [0.1, 0.15) is 23.9 Å². The number of amides is 2. The fourth-order valence-electron chi connectivity index (χ4n) is 3.15. The van der Waals surface area contributed by atoms with Crippen molar-refractivity contribution in [2.45, 2.75) is 6.61 Å². The first-order valence-corrected chi connectivity index (χ1v) is 10.3. The van der Waals surface area contributed by atoms with Crippen LogP contribution in [0.4, 0.5) is 14.9 Å². The summed E-state index contributed by atoms with van der Waals surface area (Å²) in [6.45, 7) is 0.172. The van der Waals surface area contributed by atoms with Crippen LogP contribution in [0.25, 0.3) is 6.08 Å². The first-order valence-electron chi connectivity index (χ1n) is 9.44. The van der Waals surface area contributed by atoms with Crippen LogP contribution in [0, 0.1) is 5.82 Å². The van der Waals surface area contributed by atoms with E-state index in [2.05, 4.69) is 0 Å². The second-order valence-electron chi connectivity index (χ2n) is 6.65. The average molecular weight is 435 g/mol. The molecule has 0 aliphatic carbocycles. The van der Waals surface area contributed by atoms with Crippen molar-refractivity contribution >= 4 is 34.7 Å². The van der Waals surface area contributed by atoms with Crippen molar-refractivity contribution in [3.8, 4) is 11.5 Å². The van der Waals surface area contributed by atoms with Crippen molar-refractivity contribution < 1.29 is 23.5 Å². The average Bonchev–Trinajstić information content (AvgIpc) is 3.05. The van der Waals surface area contributed by atoms with E-state index in [1.54, 1.807) is 60.7 Å². The molecule has 0 N–H and O–H groups in total. The largest absolute Gasteiger partial charge is 0.495 e. The van der Waals surface area contributed by atoms with Crippen molar-refractivity contribution in [2.75, 3.05) is 12.0 Å². The zero-order chi connectivity index (χ0) is 21.8. The third kappa shape index (κ3) is 4.46. The lowest BCUT2D eigenvalue weighted by Gasteiger charge is -2.15. The molecule has 5 nitrogen and oxygen atoms in total. The number of hydrogen-bond donors (Lipinski definition) is 0. The van der Waals surface area contributed by atoms with E-state index in [1.165, 1.54) is 19.2 Å². The molecule has 3 aromatic carbocycles. The quantitative estimate of drug-likeness (QED) is 0.468. The van der Waals surface area contributed by atoms with E-state index in [9.17, 15) is 14.0 Å². The van der Waals surface area contributed by atoms with Crippen molar-refractivity contribution in [3.63, 3.8) is 0 Å². The van der Waals surface area contributed by atoms with Crippen molar-refractivity contribution in [2.24, 2.45) is 0 Å². The summed E-state index contributed by atoms with van der Waals surface area (Å²) in [4.78, 5) is 27.0. The zero-order valence-electron chi connectivity index (χ0n) is 16.6. The standard InChI is InChI=1S/C24H18FNO4S/c1-29-21-12-5-3-10-19(21)26-23(27)22(31-24(26)28)14-17-8-2-4-11-20(17)30-15-16-7-6-9-18(25)13-16/h2-14H,15H2,1H3/b22-14-. The predicted octanol–water partition coefficient (Wildman–Crippen LogP) is 5.65. The Hall–Kier alpha value is -3.58. The number of para-hydroxylation sites is 3. The minimum absolute atomic E-state index is 0.172. The number of anilines is 1. The Kier molecular flexibility index (Phi) is 6.04. The van der Waals surface area contributed by atoms with Gasteiger partial charge in [-0.3, -0.25) is 9.59 Å². The fraction of sp³-hybridized carbons (Fsp3) is 0.0833. The number of thioether (sulfide) groups is 1. The van der Waals surface area contributed by atoms with Gasteiger partial charge >= 0.3 is 0 Å². The van der Waals surface area contributed by atoms with Crippen molar-refractivity contribution in [3.05, 3.63) is 94.6 Å². The molecule has 1 fully saturated rings. The number of carbonyl (C=O) groups excluding carboxylic acids is 2. The highest BCUT2D eigenvalue weighted by molar-refractivity contribution is 8.19. The molecule has 0 spiro atoms. The van der Waals surface area contributed by atoms with E-state index in [0.29, 0.717) is 28.3 Å². The maximum atomic E-state index is 13.4. The molecule has 0 atom stereocenters. The molecular weight excluding hydrogens is 417 g/mol. The number of ether oxygens (including phenoxy) is 2. The smallest absolute Gasteiger partial charge is 0.298 e. The summed E-state index contributed by atoms with van der Waals surface area (Å²) in [6, 6.07) is 20.2. The molecular formula is C24H18FNO4S. The first-order chi connectivity index (χ1) is 15.1. The monoisotopic (exact) mass is 435 g/mol. The summed E-state index contributed by atoms with van der Waals surface area (Å²) in [7, 11) is 1.49. The Morgan fingerprint density at radius 2 is 1.71 bits per heavy atom. The first kappa shape index (κ1) is 20.7. The van der Waals surface area contributed by atoms with E-state index >= 15 is 0 Å². The van der Waals surface area contributed by atoms with Gasteiger partial charge in [0.2, 0.25) is 0 Å². The maximum Gasteiger partial charge on any atom is 0.298 e. The fourth-order valence-corrected chi connectivity index (χ4v) is 3.98. The van der Waals surface area contributed by atoms with Gasteiger partial charge in [-0.15, -0.1) is 0 Å². The molecule has 0 unspecified atom stereocenters. The lowest BCUT2D eigenvalue weighted by atomic mass is 10.1. The maximum absolute atomic E-state index is 13.4. The molecule has 2 amide bonds. The van der Waals surface area contributed by atoms with Crippen LogP contribution in [-0.4, -0.2) is 18.3 Å². The number of imide groups is 1. The van der Waals surface area contributed by atoms with Gasteiger partial charge in [-0.25, -0.2) is 9.29 Å². The number of benzene rings is 3. The Morgan fingerprint density at radius 3 is 2.48 bits per heavy atom. The zero-order valence-corrected chi connectivity index (χ0v) is 17.4. The molecule has 4 rings (SSSR count). The van der Waals surface area contributed by atoms with Crippen LogP contribution < -0.4 is 14.4 Å². The van der Waals surface area contributed by atoms with Gasteiger partial charge in [-0.05, 0) is 53.7 Å². The molecule has 1 aliphatic heterocycles. The lowest BCUT2D eigenvalue weighted by molar-refractivity contribution is -0.113. The van der Waals surface area contributed by atoms with Gasteiger partial charge in [0.15, 0.2) is 0 Å². The van der Waals surface area contributed by atoms with Crippen LogP contribution in [0.15, 0.2) is 77.7 Å². The van der Waals surface area contributed by atoms with E-state index in [-0.39, 0.29) is 17.3 Å². The summed E-state index contributed by atoms with van der Waals surface area (Å²) in [6.07, 6.45) is 1.63. The minimum Gasteiger partial charge on any atom is -0.495 e. The van der Waals surface area contributed by atoms with Crippen molar-refractivity contribution in [1.29, 1.82) is 0 Å². The number of halogens is 1. The Bertz CT molecular complexity index is 1180. The van der Waals surface area contributed by atoms with E-state index in [1.807, 2.05) is 6.07 Å². The number of carbonyl (C=O) groups is 2. The second kappa shape index (κ2) is 9.06. The summed E-state index contributed by atoms with van der Waals surface area (Å²) < 4.78 is 24.5. The normalized spacial score (nSPS) is 14.9. The van der Waals surface area contributed by atoms with Gasteiger partial charge in [0, 0.05) is 5.56 Å². The Labute approximate surface area is 183 Å². The summed E-state index contributed by atoms with van der Waals surface area (Å²) in [5.74, 6) is 0.194. The van der Waals surface area contributed by atoms with Gasteiger partial charge in [-0.2, -0.15) is 0 Å². The summed E-state index contributed by atoms with van der Waals surface area (Å²) in [5.41, 5.74) is 1.72. The minimum atomic E-state index is -0.431. The van der Waals surface area contributed by atoms with E-state index in [4.69, 9.17) is 9.47 Å². The third-order valence-electron chi connectivity index (χ3n) is 4.61. The number of rotatable bonds is 6. The molecule has 31 heavy (non-hydrogen) atoms. The van der Waals surface area contributed by atoms with Crippen LogP contribution in [0.2, 0.25) is 0 Å². The molecule has 0 radical (unpaired) electrons. The highest BCUT2D eigenvalue weighted by Gasteiger charge is 2.37. The molecule has 0 bridgehead atoms. The van der Waals surface area contributed by atoms with Crippen LogP contribution >= 0.6 is 11.8 Å². The van der Waals surface area contributed by atoms with Crippen LogP contribution in [0.5, 0.6) is 11.5 Å². The van der Waals surface area contributed by atoms with Crippen molar-refractivity contribution in [1.82, 2.24) is 0 Å². The highest BCUT2D eigenvalue weighted by Crippen LogP contribution is 2.40. The van der Waals surface area contributed by atoms with Gasteiger partial charge in [-0.1, -0.05) is 42.5 Å². The molecule has 7 heteroatoms. The number of methoxy groups -OCH3 is 1. The lowest BCUT2D eigenvalue weighted by Crippen LogP contribution is -2.28. The highest BCUT2D eigenvalue weighted by atomic mass is 32.2. The second-order valence-corrected chi connectivity index (χ2v) is 7.64. The number of nitrogens with zero attached hydrogens (tertiary/aromatic N) is 1. The van der Waals surface area contributed by atoms with E-state index in [0.717, 1.165) is 16.7 Å². The van der Waals surface area contributed by atoms with Gasteiger partial charge < -0.3 is 9.47 Å². The molecule has 3 aromatic rings. The van der Waals surface area contributed by atoms with Gasteiger partial charge in [0.25, 0.3) is 11.1 Å². The van der Waals surface area contributed by atoms with E-state index < -0.39 is 11.1 Å². The molecule has 1 saturated heterocycles. The number of hydrogen-bond acceptors (Lipinski definition) is 5. The third-order valence-corrected chi connectivity index (χ3v) is 5.48. The SMILES string of the molecule is COc1ccccc1N1C(=O)S/C(=C\c2ccccc2OCc2cccc(F)c2)C1=O. The van der Waals surface area contributed by atoms with Crippen LogP contribution in [-0.2, 0) is 11.4 Å². The van der Waals surface area contributed by atoms with Crippen LogP contribution in [0.3, 0.4) is 0 Å². The summed E-state index contributed by atoms with van der Waals surface area (Å²) in [5, 5.41) is -0.404.